The number of rotatable bonds is 5. The molecule has 0 bridgehead atoms. The first kappa shape index (κ1) is 18.8. The Balaban J connectivity index is 1.65. The molecular weight excluding hydrogens is 377 g/mol. The van der Waals surface area contributed by atoms with Gasteiger partial charge in [0.05, 0.1) is 28.0 Å². The highest BCUT2D eigenvalue weighted by molar-refractivity contribution is 8.03. The van der Waals surface area contributed by atoms with Crippen LogP contribution in [0.4, 0.5) is 4.39 Å². The Morgan fingerprint density at radius 1 is 1.39 bits per heavy atom. The summed E-state index contributed by atoms with van der Waals surface area (Å²) < 4.78 is 15.1. The number of aromatic nitrogens is 2. The molecule has 0 amide bonds. The second-order valence-corrected chi connectivity index (χ2v) is 8.56. The monoisotopic (exact) mass is 399 g/mol. The summed E-state index contributed by atoms with van der Waals surface area (Å²) in [6, 6.07) is 6.25. The Labute approximate surface area is 166 Å². The Morgan fingerprint density at radius 2 is 2.18 bits per heavy atom. The molecule has 1 aromatic heterocycles. The number of halogens is 1. The number of hydrazine groups is 1. The molecule has 1 saturated carbocycles. The van der Waals surface area contributed by atoms with Crippen LogP contribution in [0.25, 0.3) is 11.8 Å². The number of hydrogen-bond acceptors (Lipinski definition) is 6. The van der Waals surface area contributed by atoms with Gasteiger partial charge < -0.3 is 16.0 Å². The van der Waals surface area contributed by atoms with Crippen molar-refractivity contribution in [3.8, 4) is 5.69 Å². The van der Waals surface area contributed by atoms with E-state index in [1.807, 2.05) is 4.68 Å². The molecule has 28 heavy (non-hydrogen) atoms. The van der Waals surface area contributed by atoms with E-state index in [9.17, 15) is 9.18 Å². The zero-order valence-corrected chi connectivity index (χ0v) is 16.1. The molecule has 0 radical (unpaired) electrons. The van der Waals surface area contributed by atoms with E-state index < -0.39 is 5.41 Å². The number of carbonyl (C=O) groups excluding carboxylic acids is 1. The fraction of sp³-hybridized carbons (Fsp3) is 0.300. The molecule has 2 aromatic rings. The summed E-state index contributed by atoms with van der Waals surface area (Å²) >= 11 is 1.58. The average molecular weight is 399 g/mol. The zero-order chi connectivity index (χ0) is 19.7. The van der Waals surface area contributed by atoms with Crippen molar-refractivity contribution >= 4 is 24.1 Å². The lowest BCUT2D eigenvalue weighted by atomic mass is 9.65. The van der Waals surface area contributed by atoms with Gasteiger partial charge in [-0.3, -0.25) is 0 Å². The van der Waals surface area contributed by atoms with E-state index in [0.29, 0.717) is 11.4 Å². The number of fused-ring (bicyclic) bond motifs is 2. The largest absolute Gasteiger partial charge is 0.402 e. The van der Waals surface area contributed by atoms with E-state index in [2.05, 4.69) is 16.6 Å². The normalized spacial score (nSPS) is 24.1. The number of thioether (sulfide) groups is 1. The minimum absolute atomic E-state index is 0.252. The second-order valence-electron chi connectivity index (χ2n) is 7.22. The van der Waals surface area contributed by atoms with Crippen LogP contribution >= 0.6 is 11.8 Å². The number of nitrogens with one attached hydrogen (secondary N) is 1. The van der Waals surface area contributed by atoms with E-state index in [0.717, 1.165) is 48.1 Å². The first-order valence-electron chi connectivity index (χ1n) is 9.14. The Hall–Kier alpha value is -2.58. The van der Waals surface area contributed by atoms with Crippen molar-refractivity contribution < 1.29 is 9.18 Å². The van der Waals surface area contributed by atoms with Crippen LogP contribution in [0.3, 0.4) is 0 Å². The summed E-state index contributed by atoms with van der Waals surface area (Å²) in [5.74, 6) is 5.21. The third kappa shape index (κ3) is 3.22. The highest BCUT2D eigenvalue weighted by Gasteiger charge is 2.43. The predicted molar refractivity (Wildman–Crippen MR) is 109 cm³/mol. The molecule has 2 aliphatic carbocycles. The number of allylic oxidation sites excluding steroid dienone is 1. The van der Waals surface area contributed by atoms with Crippen LogP contribution in [0, 0.1) is 11.2 Å². The maximum Gasteiger partial charge on any atom is 0.130 e. The molecule has 4 rings (SSSR count). The fourth-order valence-corrected chi connectivity index (χ4v) is 5.27. The third-order valence-electron chi connectivity index (χ3n) is 5.55. The molecule has 2 unspecified atom stereocenters. The number of hydrogen-bond donors (Lipinski definition) is 3. The van der Waals surface area contributed by atoms with Crippen molar-refractivity contribution in [3.05, 3.63) is 64.3 Å². The molecule has 1 heterocycles. The molecular formula is C20H22FN5OS. The molecule has 0 aliphatic heterocycles. The highest BCUT2D eigenvalue weighted by atomic mass is 32.2. The van der Waals surface area contributed by atoms with Crippen LogP contribution in [0.15, 0.2) is 47.3 Å². The molecule has 1 fully saturated rings. The number of nitrogens with zero attached hydrogens (tertiary/aromatic N) is 2. The van der Waals surface area contributed by atoms with Crippen molar-refractivity contribution in [3.63, 3.8) is 0 Å². The number of carbonyl (C=O) groups is 1. The van der Waals surface area contributed by atoms with E-state index in [1.165, 1.54) is 18.3 Å². The van der Waals surface area contributed by atoms with Gasteiger partial charge in [0, 0.05) is 11.4 Å². The molecule has 0 spiro atoms. The molecule has 1 aromatic carbocycles. The minimum Gasteiger partial charge on any atom is -0.402 e. The summed E-state index contributed by atoms with van der Waals surface area (Å²) in [7, 11) is 0. The first-order valence-corrected chi connectivity index (χ1v) is 10.0. The van der Waals surface area contributed by atoms with Crippen LogP contribution in [-0.4, -0.2) is 21.3 Å². The Kier molecular flexibility index (Phi) is 4.99. The van der Waals surface area contributed by atoms with E-state index >= 15 is 0 Å². The fourth-order valence-electron chi connectivity index (χ4n) is 4.15. The average Bonchev–Trinajstić information content (AvgIpc) is 3.13. The summed E-state index contributed by atoms with van der Waals surface area (Å²) in [5.41, 5.74) is 11.6. The van der Waals surface area contributed by atoms with Gasteiger partial charge in [0.1, 0.15) is 12.1 Å². The molecule has 5 N–H and O–H groups in total. The maximum absolute atomic E-state index is 13.3. The summed E-state index contributed by atoms with van der Waals surface area (Å²) in [5, 5.41) is 5.45. The summed E-state index contributed by atoms with van der Waals surface area (Å²) in [6.07, 6.45) is 9.55. The van der Waals surface area contributed by atoms with Gasteiger partial charge in [-0.25, -0.2) is 14.9 Å². The van der Waals surface area contributed by atoms with Crippen LogP contribution in [0.2, 0.25) is 0 Å². The topological polar surface area (TPSA) is 99.0 Å². The maximum atomic E-state index is 13.3. The van der Waals surface area contributed by atoms with Gasteiger partial charge in [0.25, 0.3) is 0 Å². The van der Waals surface area contributed by atoms with E-state index in [-0.39, 0.29) is 11.1 Å². The zero-order valence-electron chi connectivity index (χ0n) is 15.3. The van der Waals surface area contributed by atoms with Crippen molar-refractivity contribution in [2.45, 2.75) is 30.9 Å². The second kappa shape index (κ2) is 7.44. The van der Waals surface area contributed by atoms with Crippen LogP contribution < -0.4 is 17.0 Å². The lowest BCUT2D eigenvalue weighted by Crippen LogP contribution is -2.38. The standard InChI is InChI=1S/C20H22FN5OS/c21-15-2-4-16(5-3-15)26-18-7-14-1-6-17(28-19(10-22)25-23)9-20(14,12-27)8-13(18)11-24-26/h2-5,7,10-12,17,25H,1,6,8-9,22-23H2/b19-10+. The molecule has 146 valence electrons. The van der Waals surface area contributed by atoms with Crippen LogP contribution in [0.5, 0.6) is 0 Å². The lowest BCUT2D eigenvalue weighted by Gasteiger charge is -2.41. The number of nitrogens with two attached hydrogens (primary N) is 2. The van der Waals surface area contributed by atoms with Crippen molar-refractivity contribution in [1.82, 2.24) is 15.2 Å². The highest BCUT2D eigenvalue weighted by Crippen LogP contribution is 2.50. The molecule has 8 heteroatoms. The minimum atomic E-state index is -0.520. The van der Waals surface area contributed by atoms with Gasteiger partial charge in [-0.2, -0.15) is 5.10 Å². The van der Waals surface area contributed by atoms with Gasteiger partial charge in [-0.1, -0.05) is 5.57 Å². The van der Waals surface area contributed by atoms with E-state index in [4.69, 9.17) is 11.6 Å². The SMILES string of the molecule is N/C=C(\NN)SC1CCC2=Cc3c(cnn3-c3ccc(F)cc3)CC2(C=O)C1. The summed E-state index contributed by atoms with van der Waals surface area (Å²) in [4.78, 5) is 12.2. The number of aldehydes is 1. The van der Waals surface area contributed by atoms with Gasteiger partial charge in [-0.15, -0.1) is 11.8 Å². The van der Waals surface area contributed by atoms with Gasteiger partial charge in [-0.05, 0) is 61.6 Å². The number of benzene rings is 1. The van der Waals surface area contributed by atoms with Gasteiger partial charge in [0.2, 0.25) is 0 Å². The Morgan fingerprint density at radius 3 is 2.86 bits per heavy atom. The lowest BCUT2D eigenvalue weighted by molar-refractivity contribution is -0.115. The third-order valence-corrected chi connectivity index (χ3v) is 6.80. The van der Waals surface area contributed by atoms with Gasteiger partial charge >= 0.3 is 0 Å². The van der Waals surface area contributed by atoms with Crippen molar-refractivity contribution in [2.24, 2.45) is 17.0 Å². The molecule has 6 nitrogen and oxygen atoms in total. The van der Waals surface area contributed by atoms with Gasteiger partial charge in [0.15, 0.2) is 0 Å². The Bertz CT molecular complexity index is 952. The quantitative estimate of drug-likeness (QED) is 0.406. The smallest absolute Gasteiger partial charge is 0.130 e. The van der Waals surface area contributed by atoms with Crippen molar-refractivity contribution in [2.75, 3.05) is 0 Å². The molecule has 2 atom stereocenters. The van der Waals surface area contributed by atoms with Crippen LogP contribution in [0.1, 0.15) is 30.5 Å². The molecule has 0 saturated heterocycles. The van der Waals surface area contributed by atoms with E-state index in [1.54, 1.807) is 30.1 Å². The predicted octanol–water partition coefficient (Wildman–Crippen LogP) is 2.64. The van der Waals surface area contributed by atoms with Crippen molar-refractivity contribution in [1.29, 1.82) is 0 Å². The first-order chi connectivity index (χ1) is 13.6. The van der Waals surface area contributed by atoms with Crippen LogP contribution in [-0.2, 0) is 11.2 Å². The molecule has 2 aliphatic rings. The summed E-state index contributed by atoms with van der Waals surface area (Å²) in [6.45, 7) is 0.